The fraction of sp³-hybridized carbons (Fsp3) is 0.917. The van der Waals surface area contributed by atoms with Gasteiger partial charge in [0.1, 0.15) is 0 Å². The van der Waals surface area contributed by atoms with Crippen LogP contribution in [0.5, 0.6) is 0 Å². The molecule has 2 aliphatic rings. The van der Waals surface area contributed by atoms with Crippen LogP contribution < -0.4 is 5.32 Å². The fourth-order valence-corrected chi connectivity index (χ4v) is 2.55. The van der Waals surface area contributed by atoms with Gasteiger partial charge in [0.05, 0.1) is 13.2 Å². The number of amides is 1. The standard InChI is InChI=1S/C12H22N2O2.ClH/c1-10-4-2-3-6-14(10)12(15)8-11-9-16-7-5-13-11;/h10-11,13H,2-9H2,1H3;1H. The Morgan fingerprint density at radius 2 is 2.29 bits per heavy atom. The van der Waals surface area contributed by atoms with Crippen LogP contribution in [0.15, 0.2) is 0 Å². The molecule has 0 saturated carbocycles. The molecule has 5 heteroatoms. The van der Waals surface area contributed by atoms with Gasteiger partial charge < -0.3 is 15.0 Å². The van der Waals surface area contributed by atoms with Gasteiger partial charge in [0.2, 0.25) is 5.91 Å². The van der Waals surface area contributed by atoms with E-state index in [-0.39, 0.29) is 24.4 Å². The van der Waals surface area contributed by atoms with Crippen molar-refractivity contribution < 1.29 is 9.53 Å². The van der Waals surface area contributed by atoms with Crippen molar-refractivity contribution >= 4 is 18.3 Å². The summed E-state index contributed by atoms with van der Waals surface area (Å²) in [6.07, 6.45) is 4.16. The average molecular weight is 263 g/mol. The fourth-order valence-electron chi connectivity index (χ4n) is 2.55. The van der Waals surface area contributed by atoms with E-state index in [4.69, 9.17) is 4.74 Å². The van der Waals surface area contributed by atoms with Gasteiger partial charge in [-0.05, 0) is 26.2 Å². The Morgan fingerprint density at radius 1 is 1.47 bits per heavy atom. The molecule has 2 aliphatic heterocycles. The zero-order chi connectivity index (χ0) is 11.4. The maximum atomic E-state index is 12.1. The summed E-state index contributed by atoms with van der Waals surface area (Å²) in [6.45, 7) is 5.40. The van der Waals surface area contributed by atoms with Gasteiger partial charge in [0, 0.05) is 31.6 Å². The van der Waals surface area contributed by atoms with Crippen LogP contribution in [0.1, 0.15) is 32.6 Å². The molecule has 2 heterocycles. The minimum atomic E-state index is 0. The zero-order valence-corrected chi connectivity index (χ0v) is 11.3. The predicted molar refractivity (Wildman–Crippen MR) is 69.5 cm³/mol. The largest absolute Gasteiger partial charge is 0.378 e. The first-order chi connectivity index (χ1) is 7.77. The minimum Gasteiger partial charge on any atom is -0.378 e. The summed E-state index contributed by atoms with van der Waals surface area (Å²) in [5.41, 5.74) is 0. The smallest absolute Gasteiger partial charge is 0.224 e. The van der Waals surface area contributed by atoms with Crippen molar-refractivity contribution in [3.63, 3.8) is 0 Å². The highest BCUT2D eigenvalue weighted by Gasteiger charge is 2.26. The summed E-state index contributed by atoms with van der Waals surface area (Å²) in [7, 11) is 0. The first kappa shape index (κ1) is 14.7. The molecule has 2 atom stereocenters. The van der Waals surface area contributed by atoms with Crippen molar-refractivity contribution in [3.05, 3.63) is 0 Å². The van der Waals surface area contributed by atoms with Gasteiger partial charge in [0.15, 0.2) is 0 Å². The number of hydrogen-bond donors (Lipinski definition) is 1. The normalized spacial score (nSPS) is 29.6. The maximum Gasteiger partial charge on any atom is 0.224 e. The lowest BCUT2D eigenvalue weighted by molar-refractivity contribution is -0.135. The zero-order valence-electron chi connectivity index (χ0n) is 10.5. The molecule has 0 bridgehead atoms. The second kappa shape index (κ2) is 7.19. The first-order valence-electron chi connectivity index (χ1n) is 6.38. The number of nitrogens with one attached hydrogen (secondary N) is 1. The monoisotopic (exact) mass is 262 g/mol. The molecule has 0 aliphatic carbocycles. The molecule has 2 unspecified atom stereocenters. The average Bonchev–Trinajstić information content (AvgIpc) is 2.31. The predicted octanol–water partition coefficient (Wildman–Crippen LogP) is 1.19. The van der Waals surface area contributed by atoms with Crippen LogP contribution in [0.4, 0.5) is 0 Å². The first-order valence-corrected chi connectivity index (χ1v) is 6.38. The number of rotatable bonds is 2. The Balaban J connectivity index is 0.00000144. The van der Waals surface area contributed by atoms with Crippen LogP contribution in [0, 0.1) is 0 Å². The molecule has 0 aromatic heterocycles. The topological polar surface area (TPSA) is 41.6 Å². The molecule has 17 heavy (non-hydrogen) atoms. The number of piperidine rings is 1. The van der Waals surface area contributed by atoms with Crippen LogP contribution in [0.2, 0.25) is 0 Å². The third-order valence-electron chi connectivity index (χ3n) is 3.54. The number of carbonyl (C=O) groups excluding carboxylic acids is 1. The number of likely N-dealkylation sites (tertiary alicyclic amines) is 1. The van der Waals surface area contributed by atoms with Crippen molar-refractivity contribution in [3.8, 4) is 0 Å². The lowest BCUT2D eigenvalue weighted by Crippen LogP contribution is -2.48. The number of ether oxygens (including phenoxy) is 1. The van der Waals surface area contributed by atoms with Gasteiger partial charge in [-0.25, -0.2) is 0 Å². The van der Waals surface area contributed by atoms with E-state index in [2.05, 4.69) is 12.2 Å². The number of morpholine rings is 1. The highest BCUT2D eigenvalue weighted by atomic mass is 35.5. The van der Waals surface area contributed by atoms with Gasteiger partial charge >= 0.3 is 0 Å². The van der Waals surface area contributed by atoms with E-state index in [1.165, 1.54) is 6.42 Å². The Kier molecular flexibility index (Phi) is 6.23. The molecule has 1 N–H and O–H groups in total. The Labute approximate surface area is 109 Å². The minimum absolute atomic E-state index is 0. The SMILES string of the molecule is CC1CCCCN1C(=O)CC1COCCN1.Cl. The number of carbonyl (C=O) groups is 1. The van der Waals surface area contributed by atoms with Crippen LogP contribution in [0.3, 0.4) is 0 Å². The molecule has 0 spiro atoms. The van der Waals surface area contributed by atoms with Crippen molar-refractivity contribution in [2.24, 2.45) is 0 Å². The van der Waals surface area contributed by atoms with Gasteiger partial charge in [-0.15, -0.1) is 12.4 Å². The second-order valence-corrected chi connectivity index (χ2v) is 4.86. The Hall–Kier alpha value is -0.320. The lowest BCUT2D eigenvalue weighted by Gasteiger charge is -2.35. The van der Waals surface area contributed by atoms with Crippen molar-refractivity contribution in [1.29, 1.82) is 0 Å². The Bertz CT molecular complexity index is 245. The molecule has 2 rings (SSSR count). The van der Waals surface area contributed by atoms with E-state index in [0.717, 1.165) is 32.5 Å². The van der Waals surface area contributed by atoms with E-state index >= 15 is 0 Å². The molecule has 4 nitrogen and oxygen atoms in total. The summed E-state index contributed by atoms with van der Waals surface area (Å²) < 4.78 is 5.36. The molecule has 100 valence electrons. The van der Waals surface area contributed by atoms with E-state index in [0.29, 0.717) is 19.1 Å². The maximum absolute atomic E-state index is 12.1. The van der Waals surface area contributed by atoms with E-state index < -0.39 is 0 Å². The van der Waals surface area contributed by atoms with Gasteiger partial charge in [0.25, 0.3) is 0 Å². The van der Waals surface area contributed by atoms with Crippen LogP contribution in [-0.4, -0.2) is 49.2 Å². The molecule has 0 aromatic rings. The highest BCUT2D eigenvalue weighted by Crippen LogP contribution is 2.17. The van der Waals surface area contributed by atoms with Gasteiger partial charge in [-0.3, -0.25) is 4.79 Å². The van der Waals surface area contributed by atoms with Crippen molar-refractivity contribution in [2.45, 2.75) is 44.7 Å². The summed E-state index contributed by atoms with van der Waals surface area (Å²) in [6, 6.07) is 0.640. The summed E-state index contributed by atoms with van der Waals surface area (Å²) in [5, 5.41) is 3.33. The molecule has 2 saturated heterocycles. The molecule has 0 radical (unpaired) electrons. The van der Waals surface area contributed by atoms with E-state index in [9.17, 15) is 4.79 Å². The van der Waals surface area contributed by atoms with E-state index in [1.54, 1.807) is 0 Å². The lowest BCUT2D eigenvalue weighted by atomic mass is 10.0. The number of nitrogens with zero attached hydrogens (tertiary/aromatic N) is 1. The summed E-state index contributed by atoms with van der Waals surface area (Å²) in [4.78, 5) is 14.1. The molecule has 1 amide bonds. The quantitative estimate of drug-likeness (QED) is 0.813. The molecule has 0 aromatic carbocycles. The van der Waals surface area contributed by atoms with Gasteiger partial charge in [-0.2, -0.15) is 0 Å². The Morgan fingerprint density at radius 3 is 2.94 bits per heavy atom. The molecular formula is C12H23ClN2O2. The van der Waals surface area contributed by atoms with Crippen molar-refractivity contribution in [2.75, 3.05) is 26.3 Å². The van der Waals surface area contributed by atoms with Gasteiger partial charge in [-0.1, -0.05) is 0 Å². The third kappa shape index (κ3) is 4.12. The van der Waals surface area contributed by atoms with Crippen LogP contribution >= 0.6 is 12.4 Å². The second-order valence-electron chi connectivity index (χ2n) is 4.86. The molecular weight excluding hydrogens is 240 g/mol. The van der Waals surface area contributed by atoms with Crippen LogP contribution in [-0.2, 0) is 9.53 Å². The number of halogens is 1. The third-order valence-corrected chi connectivity index (χ3v) is 3.54. The summed E-state index contributed by atoms with van der Waals surface area (Å²) >= 11 is 0. The number of hydrogen-bond acceptors (Lipinski definition) is 3. The van der Waals surface area contributed by atoms with E-state index in [1.807, 2.05) is 4.90 Å². The summed E-state index contributed by atoms with van der Waals surface area (Å²) in [5.74, 6) is 0.287. The van der Waals surface area contributed by atoms with Crippen molar-refractivity contribution in [1.82, 2.24) is 10.2 Å². The highest BCUT2D eigenvalue weighted by molar-refractivity contribution is 5.85. The van der Waals surface area contributed by atoms with Crippen LogP contribution in [0.25, 0.3) is 0 Å². The molecule has 2 fully saturated rings.